The van der Waals surface area contributed by atoms with Gasteiger partial charge in [0.1, 0.15) is 12.4 Å². The van der Waals surface area contributed by atoms with E-state index in [1.54, 1.807) is 12.1 Å². The number of rotatable bonds is 5. The fraction of sp³-hybridized carbons (Fsp3) is 0.188. The molecule has 0 spiro atoms. The van der Waals surface area contributed by atoms with E-state index < -0.39 is 0 Å². The van der Waals surface area contributed by atoms with Gasteiger partial charge in [0.25, 0.3) is 0 Å². The molecule has 0 saturated carbocycles. The van der Waals surface area contributed by atoms with Gasteiger partial charge in [-0.25, -0.2) is 4.79 Å². The van der Waals surface area contributed by atoms with E-state index in [1.165, 1.54) is 7.11 Å². The van der Waals surface area contributed by atoms with Gasteiger partial charge in [-0.2, -0.15) is 0 Å². The van der Waals surface area contributed by atoms with E-state index in [0.717, 1.165) is 11.1 Å². The summed E-state index contributed by atoms with van der Waals surface area (Å²) in [5.74, 6) is 0.295. The lowest BCUT2D eigenvalue weighted by Crippen LogP contribution is -2.03. The Bertz CT molecular complexity index is 582. The van der Waals surface area contributed by atoms with Crippen LogP contribution in [-0.4, -0.2) is 13.1 Å². The first-order chi connectivity index (χ1) is 9.72. The van der Waals surface area contributed by atoms with Crippen molar-refractivity contribution in [3.63, 3.8) is 0 Å². The van der Waals surface area contributed by atoms with Crippen molar-refractivity contribution >= 4 is 21.9 Å². The quantitative estimate of drug-likeness (QED) is 0.613. The van der Waals surface area contributed by atoms with Gasteiger partial charge in [0.15, 0.2) is 0 Å². The number of alkyl halides is 1. The fourth-order valence-electron chi connectivity index (χ4n) is 1.80. The van der Waals surface area contributed by atoms with Gasteiger partial charge >= 0.3 is 5.97 Å². The van der Waals surface area contributed by atoms with Gasteiger partial charge in [-0.15, -0.1) is 0 Å². The van der Waals surface area contributed by atoms with Gasteiger partial charge in [0.2, 0.25) is 0 Å². The van der Waals surface area contributed by atoms with Crippen LogP contribution in [0.25, 0.3) is 0 Å². The molecule has 0 heterocycles. The van der Waals surface area contributed by atoms with Crippen molar-refractivity contribution < 1.29 is 14.3 Å². The van der Waals surface area contributed by atoms with Crippen LogP contribution in [0.5, 0.6) is 5.75 Å². The highest BCUT2D eigenvalue weighted by Gasteiger charge is 2.09. The van der Waals surface area contributed by atoms with E-state index in [1.807, 2.05) is 36.4 Å². The van der Waals surface area contributed by atoms with Crippen LogP contribution in [0.1, 0.15) is 21.5 Å². The average molecular weight is 335 g/mol. The summed E-state index contributed by atoms with van der Waals surface area (Å²) in [6.07, 6.45) is 0. The highest BCUT2D eigenvalue weighted by molar-refractivity contribution is 9.08. The van der Waals surface area contributed by atoms with Crippen LogP contribution in [0.4, 0.5) is 0 Å². The van der Waals surface area contributed by atoms with Crippen molar-refractivity contribution in [2.24, 2.45) is 0 Å². The first-order valence-corrected chi connectivity index (χ1v) is 7.30. The molecule has 2 aromatic rings. The number of carbonyl (C=O) groups excluding carboxylic acids is 1. The van der Waals surface area contributed by atoms with E-state index >= 15 is 0 Å². The number of halogens is 1. The summed E-state index contributed by atoms with van der Waals surface area (Å²) in [6, 6.07) is 15.3. The molecule has 0 bridgehead atoms. The molecule has 104 valence electrons. The molecule has 0 aliphatic rings. The van der Waals surface area contributed by atoms with Crippen LogP contribution in [-0.2, 0) is 16.7 Å². The minimum Gasteiger partial charge on any atom is -0.489 e. The van der Waals surface area contributed by atoms with Crippen molar-refractivity contribution in [1.82, 2.24) is 0 Å². The van der Waals surface area contributed by atoms with Crippen molar-refractivity contribution in [3.05, 3.63) is 65.2 Å². The lowest BCUT2D eigenvalue weighted by Gasteiger charge is -2.09. The van der Waals surface area contributed by atoms with Crippen molar-refractivity contribution in [2.75, 3.05) is 7.11 Å². The molecular weight excluding hydrogens is 320 g/mol. The van der Waals surface area contributed by atoms with Crippen LogP contribution in [0, 0.1) is 0 Å². The SMILES string of the molecule is COC(=O)c1cc(CBr)cc(OCc2ccccc2)c1. The largest absolute Gasteiger partial charge is 0.489 e. The predicted molar refractivity (Wildman–Crippen MR) is 81.2 cm³/mol. The zero-order valence-electron chi connectivity index (χ0n) is 11.1. The summed E-state index contributed by atoms with van der Waals surface area (Å²) < 4.78 is 10.5. The summed E-state index contributed by atoms with van der Waals surface area (Å²) in [6.45, 7) is 0.465. The number of esters is 1. The monoisotopic (exact) mass is 334 g/mol. The van der Waals surface area contributed by atoms with Crippen LogP contribution in [0.15, 0.2) is 48.5 Å². The molecule has 0 aliphatic carbocycles. The molecule has 0 saturated heterocycles. The Morgan fingerprint density at radius 3 is 2.50 bits per heavy atom. The van der Waals surface area contributed by atoms with Crippen LogP contribution < -0.4 is 4.74 Å². The van der Waals surface area contributed by atoms with Crippen molar-refractivity contribution in [1.29, 1.82) is 0 Å². The normalized spacial score (nSPS) is 10.1. The van der Waals surface area contributed by atoms with E-state index in [0.29, 0.717) is 23.2 Å². The molecule has 0 N–H and O–H groups in total. The van der Waals surface area contributed by atoms with Gasteiger partial charge in [-0.1, -0.05) is 46.3 Å². The third-order valence-corrected chi connectivity index (χ3v) is 3.44. The zero-order valence-corrected chi connectivity index (χ0v) is 12.7. The molecule has 0 atom stereocenters. The predicted octanol–water partition coefficient (Wildman–Crippen LogP) is 3.95. The lowest BCUT2D eigenvalue weighted by atomic mass is 10.1. The van der Waals surface area contributed by atoms with Crippen molar-refractivity contribution in [2.45, 2.75) is 11.9 Å². The average Bonchev–Trinajstić information content (AvgIpc) is 2.52. The maximum absolute atomic E-state index is 11.6. The molecular formula is C16H15BrO3. The minimum absolute atomic E-state index is 0.364. The number of methoxy groups -OCH3 is 1. The van der Waals surface area contributed by atoms with Gasteiger partial charge in [-0.3, -0.25) is 0 Å². The molecule has 0 aromatic heterocycles. The smallest absolute Gasteiger partial charge is 0.337 e. The first-order valence-electron chi connectivity index (χ1n) is 6.18. The summed E-state index contributed by atoms with van der Waals surface area (Å²) >= 11 is 3.39. The Kier molecular flexibility index (Phi) is 5.18. The Morgan fingerprint density at radius 2 is 1.85 bits per heavy atom. The summed E-state index contributed by atoms with van der Waals surface area (Å²) in [7, 11) is 1.37. The number of hydrogen-bond donors (Lipinski definition) is 0. The van der Waals surface area contributed by atoms with Gasteiger partial charge in [0, 0.05) is 5.33 Å². The van der Waals surface area contributed by atoms with Crippen LogP contribution >= 0.6 is 15.9 Å². The highest BCUT2D eigenvalue weighted by atomic mass is 79.9. The number of carbonyl (C=O) groups is 1. The van der Waals surface area contributed by atoms with Gasteiger partial charge in [0.05, 0.1) is 12.7 Å². The molecule has 2 rings (SSSR count). The maximum Gasteiger partial charge on any atom is 0.337 e. The summed E-state index contributed by atoms with van der Waals surface area (Å²) in [4.78, 5) is 11.6. The molecule has 3 nitrogen and oxygen atoms in total. The number of ether oxygens (including phenoxy) is 2. The summed E-state index contributed by atoms with van der Waals surface area (Å²) in [5, 5.41) is 0.652. The number of benzene rings is 2. The van der Waals surface area contributed by atoms with Gasteiger partial charge in [-0.05, 0) is 29.3 Å². The first kappa shape index (κ1) is 14.6. The highest BCUT2D eigenvalue weighted by Crippen LogP contribution is 2.21. The molecule has 0 unspecified atom stereocenters. The van der Waals surface area contributed by atoms with Crippen LogP contribution in [0.3, 0.4) is 0 Å². The molecule has 0 aliphatic heterocycles. The molecule has 2 aromatic carbocycles. The molecule has 20 heavy (non-hydrogen) atoms. The second-order valence-corrected chi connectivity index (χ2v) is 4.83. The Balaban J connectivity index is 2.16. The Morgan fingerprint density at radius 1 is 1.10 bits per heavy atom. The van der Waals surface area contributed by atoms with Crippen LogP contribution in [0.2, 0.25) is 0 Å². The van der Waals surface area contributed by atoms with Crippen molar-refractivity contribution in [3.8, 4) is 5.75 Å². The second kappa shape index (κ2) is 7.10. The molecule has 0 amide bonds. The third kappa shape index (κ3) is 3.84. The van der Waals surface area contributed by atoms with E-state index in [-0.39, 0.29) is 5.97 Å². The third-order valence-electron chi connectivity index (χ3n) is 2.79. The summed E-state index contributed by atoms with van der Waals surface area (Å²) in [5.41, 5.74) is 2.54. The van der Waals surface area contributed by atoms with E-state index in [2.05, 4.69) is 15.9 Å². The zero-order chi connectivity index (χ0) is 14.4. The van der Waals surface area contributed by atoms with Gasteiger partial charge < -0.3 is 9.47 Å². The standard InChI is InChI=1S/C16H15BrO3/c1-19-16(18)14-7-13(10-17)8-15(9-14)20-11-12-5-3-2-4-6-12/h2-9H,10-11H2,1H3. The maximum atomic E-state index is 11.6. The topological polar surface area (TPSA) is 35.5 Å². The minimum atomic E-state index is -0.364. The van der Waals surface area contributed by atoms with E-state index in [9.17, 15) is 4.79 Å². The van der Waals surface area contributed by atoms with E-state index in [4.69, 9.17) is 9.47 Å². The molecule has 0 fully saturated rings. The molecule has 4 heteroatoms. The Labute approximate surface area is 126 Å². The number of hydrogen-bond acceptors (Lipinski definition) is 3. The molecule has 0 radical (unpaired) electrons. The lowest BCUT2D eigenvalue weighted by molar-refractivity contribution is 0.0600. The Hall–Kier alpha value is -1.81. The second-order valence-electron chi connectivity index (χ2n) is 4.27. The fourth-order valence-corrected chi connectivity index (χ4v) is 2.12.